The molecule has 0 aliphatic carbocycles. The number of thioether (sulfide) groups is 1. The molecule has 4 heterocycles. The van der Waals surface area contributed by atoms with Crippen LogP contribution in [0.25, 0.3) is 0 Å². The summed E-state index contributed by atoms with van der Waals surface area (Å²) in [5.41, 5.74) is 0. The molecule has 4 aliphatic heterocycles. The zero-order valence-electron chi connectivity index (χ0n) is 18.2. The monoisotopic (exact) mass is 448 g/mol. The molecule has 0 bridgehead atoms. The van der Waals surface area contributed by atoms with Gasteiger partial charge in [0.1, 0.15) is 6.04 Å². The molecule has 2 fully saturated rings. The lowest BCUT2D eigenvalue weighted by molar-refractivity contribution is -0.153. The molecule has 0 aromatic carbocycles. The van der Waals surface area contributed by atoms with E-state index < -0.39 is 22.6 Å². The lowest BCUT2D eigenvalue weighted by Crippen LogP contribution is -2.55. The number of aliphatic hydroxyl groups is 1. The first kappa shape index (κ1) is 22.4. The zero-order valence-corrected chi connectivity index (χ0v) is 19.1. The lowest BCUT2D eigenvalue weighted by atomic mass is 9.78. The van der Waals surface area contributed by atoms with Gasteiger partial charge in [0.25, 0.3) is 0 Å². The van der Waals surface area contributed by atoms with Crippen LogP contribution in [0.2, 0.25) is 0 Å². The van der Waals surface area contributed by atoms with Crippen molar-refractivity contribution in [1.82, 2.24) is 9.80 Å². The molecule has 0 saturated carbocycles. The number of fused-ring (bicyclic) bond motifs is 2. The third kappa shape index (κ3) is 3.61. The Morgan fingerprint density at radius 1 is 1.29 bits per heavy atom. The van der Waals surface area contributed by atoms with Gasteiger partial charge in [-0.1, -0.05) is 37.6 Å². The molecule has 1 spiro atoms. The van der Waals surface area contributed by atoms with Crippen molar-refractivity contribution in [2.45, 2.75) is 61.6 Å². The Morgan fingerprint density at radius 2 is 2.10 bits per heavy atom. The van der Waals surface area contributed by atoms with Crippen molar-refractivity contribution >= 4 is 29.5 Å². The van der Waals surface area contributed by atoms with E-state index >= 15 is 0 Å². The smallest absolute Gasteiger partial charge is 0.311 e. The van der Waals surface area contributed by atoms with Gasteiger partial charge >= 0.3 is 5.97 Å². The standard InChI is InChI=1S/C23H32N2O5S/c1-3-8-15(2)24-11-7-10-23-18(20(27)25(12-13-26)19(23)21(24)28)17-16(31-23)9-5-4-6-14-30-22(17)29/h5,7,9-10,15-19,26H,3-4,6,8,11-14H2,1-2H3/b9-5-/t15?,16-,17+,18+,19?,23+/m1/s1. The molecule has 2 amide bonds. The number of carbonyl (C=O) groups excluding carboxylic acids is 3. The van der Waals surface area contributed by atoms with Crippen molar-refractivity contribution in [3.05, 3.63) is 24.3 Å². The summed E-state index contributed by atoms with van der Waals surface area (Å²) < 4.78 is 4.69. The van der Waals surface area contributed by atoms with Crippen LogP contribution in [-0.4, -0.2) is 81.1 Å². The number of aliphatic hydroxyl groups excluding tert-OH is 1. The van der Waals surface area contributed by atoms with Crippen molar-refractivity contribution in [3.63, 3.8) is 0 Å². The maximum Gasteiger partial charge on any atom is 0.311 e. The number of β-amino-alcohol motifs (C(OH)–C–C–N with tert-alkyl or cyclic N) is 1. The molecule has 2 unspecified atom stereocenters. The first-order chi connectivity index (χ1) is 15.0. The third-order valence-electron chi connectivity index (χ3n) is 6.96. The molecule has 4 rings (SSSR count). The van der Waals surface area contributed by atoms with Crippen LogP contribution in [0.3, 0.4) is 0 Å². The van der Waals surface area contributed by atoms with Crippen molar-refractivity contribution in [1.29, 1.82) is 0 Å². The highest BCUT2D eigenvalue weighted by Gasteiger charge is 2.70. The number of cyclic esters (lactones) is 1. The minimum absolute atomic E-state index is 0.0517. The first-order valence-electron chi connectivity index (χ1n) is 11.4. The van der Waals surface area contributed by atoms with Crippen LogP contribution in [0, 0.1) is 11.8 Å². The van der Waals surface area contributed by atoms with Crippen LogP contribution < -0.4 is 0 Å². The second-order valence-corrected chi connectivity index (χ2v) is 10.4. The highest BCUT2D eigenvalue weighted by atomic mass is 32.2. The molecule has 2 saturated heterocycles. The molecular formula is C23H32N2O5S. The van der Waals surface area contributed by atoms with Gasteiger partial charge in [-0.2, -0.15) is 0 Å². The number of ether oxygens (including phenoxy) is 1. The fourth-order valence-corrected chi connectivity index (χ4v) is 7.59. The fraction of sp³-hybridized carbons (Fsp3) is 0.696. The molecule has 8 heteroatoms. The molecule has 0 aromatic heterocycles. The Kier molecular flexibility index (Phi) is 6.49. The van der Waals surface area contributed by atoms with E-state index in [0.29, 0.717) is 13.2 Å². The van der Waals surface area contributed by atoms with E-state index in [2.05, 4.69) is 13.0 Å². The Bertz CT molecular complexity index is 799. The number of amides is 2. The SMILES string of the molecule is CCCC(C)N1CC=C[C@]23S[C@@H]4/C=C\CCCOC(=O)[C@@H]4[C@H]2C(=O)N(CCO)C3C1=O. The minimum Gasteiger partial charge on any atom is -0.465 e. The Morgan fingerprint density at radius 3 is 2.84 bits per heavy atom. The third-order valence-corrected chi connectivity index (χ3v) is 8.71. The predicted molar refractivity (Wildman–Crippen MR) is 118 cm³/mol. The van der Waals surface area contributed by atoms with Gasteiger partial charge < -0.3 is 19.6 Å². The minimum atomic E-state index is -0.831. The van der Waals surface area contributed by atoms with Gasteiger partial charge in [0.2, 0.25) is 11.8 Å². The molecule has 1 N–H and O–H groups in total. The number of carbonyl (C=O) groups is 3. The molecule has 4 aliphatic rings. The molecule has 7 nitrogen and oxygen atoms in total. The summed E-state index contributed by atoms with van der Waals surface area (Å²) in [6, 6.07) is -0.673. The number of hydrogen-bond donors (Lipinski definition) is 1. The van der Waals surface area contributed by atoms with E-state index in [4.69, 9.17) is 4.74 Å². The Labute approximate surface area is 187 Å². The van der Waals surface area contributed by atoms with Crippen LogP contribution in [0.15, 0.2) is 24.3 Å². The maximum absolute atomic E-state index is 13.9. The van der Waals surface area contributed by atoms with Crippen LogP contribution in [-0.2, 0) is 19.1 Å². The van der Waals surface area contributed by atoms with Crippen LogP contribution in [0.1, 0.15) is 39.5 Å². The predicted octanol–water partition coefficient (Wildman–Crippen LogP) is 1.76. The number of allylic oxidation sites excluding steroid dienone is 1. The number of nitrogens with zero attached hydrogens (tertiary/aromatic N) is 2. The van der Waals surface area contributed by atoms with Crippen LogP contribution in [0.4, 0.5) is 0 Å². The van der Waals surface area contributed by atoms with E-state index in [1.165, 1.54) is 4.90 Å². The van der Waals surface area contributed by atoms with Gasteiger partial charge in [0.15, 0.2) is 0 Å². The summed E-state index contributed by atoms with van der Waals surface area (Å²) in [7, 11) is 0. The summed E-state index contributed by atoms with van der Waals surface area (Å²) >= 11 is 1.54. The van der Waals surface area contributed by atoms with E-state index in [-0.39, 0.29) is 42.2 Å². The van der Waals surface area contributed by atoms with Crippen molar-refractivity contribution < 1.29 is 24.2 Å². The largest absolute Gasteiger partial charge is 0.465 e. The van der Waals surface area contributed by atoms with Gasteiger partial charge in [-0.05, 0) is 26.2 Å². The molecule has 170 valence electrons. The second-order valence-electron chi connectivity index (χ2n) is 8.87. The van der Waals surface area contributed by atoms with Gasteiger partial charge in [-0.25, -0.2) is 0 Å². The summed E-state index contributed by atoms with van der Waals surface area (Å²) in [5.74, 6) is -1.98. The van der Waals surface area contributed by atoms with Gasteiger partial charge in [-0.15, -0.1) is 11.8 Å². The van der Waals surface area contributed by atoms with Crippen LogP contribution in [0.5, 0.6) is 0 Å². The molecule has 0 aromatic rings. The van der Waals surface area contributed by atoms with E-state index in [0.717, 1.165) is 25.7 Å². The van der Waals surface area contributed by atoms with E-state index in [1.807, 2.05) is 30.1 Å². The van der Waals surface area contributed by atoms with Gasteiger partial charge in [-0.3, -0.25) is 14.4 Å². The topological polar surface area (TPSA) is 87.2 Å². The first-order valence-corrected chi connectivity index (χ1v) is 12.2. The molecular weight excluding hydrogens is 416 g/mol. The summed E-state index contributed by atoms with van der Waals surface area (Å²) in [6.07, 6.45) is 11.5. The summed E-state index contributed by atoms with van der Waals surface area (Å²) in [4.78, 5) is 43.9. The lowest BCUT2D eigenvalue weighted by Gasteiger charge is -2.37. The Hall–Kier alpha value is -1.80. The summed E-state index contributed by atoms with van der Waals surface area (Å²) in [6.45, 7) is 4.81. The number of hydrogen-bond acceptors (Lipinski definition) is 6. The molecule has 6 atom stereocenters. The quantitative estimate of drug-likeness (QED) is 0.509. The van der Waals surface area contributed by atoms with E-state index in [9.17, 15) is 19.5 Å². The highest BCUT2D eigenvalue weighted by Crippen LogP contribution is 2.60. The number of likely N-dealkylation sites (tertiary alicyclic amines) is 1. The van der Waals surface area contributed by atoms with Gasteiger partial charge in [0, 0.05) is 24.4 Å². The van der Waals surface area contributed by atoms with Gasteiger partial charge in [0.05, 0.1) is 29.8 Å². The second kappa shape index (κ2) is 8.98. The van der Waals surface area contributed by atoms with Crippen LogP contribution >= 0.6 is 11.8 Å². The fourth-order valence-electron chi connectivity index (χ4n) is 5.59. The number of esters is 1. The molecule has 0 radical (unpaired) electrons. The van der Waals surface area contributed by atoms with Crippen molar-refractivity contribution in [3.8, 4) is 0 Å². The van der Waals surface area contributed by atoms with E-state index in [1.54, 1.807) is 11.8 Å². The highest BCUT2D eigenvalue weighted by molar-refractivity contribution is 8.02. The maximum atomic E-state index is 13.9. The average Bonchev–Trinajstić information content (AvgIpc) is 3.13. The van der Waals surface area contributed by atoms with Crippen molar-refractivity contribution in [2.24, 2.45) is 11.8 Å². The average molecular weight is 449 g/mol. The normalized spacial score (nSPS) is 37.2. The number of rotatable bonds is 5. The van der Waals surface area contributed by atoms with Crippen molar-refractivity contribution in [2.75, 3.05) is 26.3 Å². The zero-order chi connectivity index (χ0) is 22.2. The summed E-state index contributed by atoms with van der Waals surface area (Å²) in [5, 5.41) is 9.46. The Balaban J connectivity index is 1.79. The molecule has 31 heavy (non-hydrogen) atoms.